The number of alkyl halides is 3. The molecule has 2 aromatic carbocycles. The van der Waals surface area contributed by atoms with Gasteiger partial charge in [0.25, 0.3) is 0 Å². The molecule has 0 aliphatic carbocycles. The van der Waals surface area contributed by atoms with E-state index < -0.39 is 17.6 Å². The summed E-state index contributed by atoms with van der Waals surface area (Å²) in [6.07, 6.45) is -4.51. The standard InChI is InChI=1S/C17H9BrF3N2OS.Ni/c18-13-6-4-10(5-7-13)14-9-25-16(22-14)23-15(24)11-2-1-3-12(8-11)17(19,20)21;/h1,3-9H,(H,22,23,24);/q-1;. The average Bonchev–Trinajstić information content (AvgIpc) is 3.03. The number of carbonyl (C=O) groups is 1. The van der Waals surface area contributed by atoms with Crippen LogP contribution in [0.2, 0.25) is 0 Å². The summed E-state index contributed by atoms with van der Waals surface area (Å²) in [7, 11) is 0. The van der Waals surface area contributed by atoms with E-state index in [0.29, 0.717) is 10.8 Å². The van der Waals surface area contributed by atoms with Gasteiger partial charge in [0.15, 0.2) is 11.0 Å². The van der Waals surface area contributed by atoms with Crippen molar-refractivity contribution in [3.63, 3.8) is 0 Å². The number of rotatable bonds is 3. The molecular formula is C17H9BrF3N2NiOS-. The van der Waals surface area contributed by atoms with Crippen molar-refractivity contribution in [1.29, 1.82) is 0 Å². The SMILES string of the molecule is O=C(Nc1nc(-c2ccc(Br)cc2)cs1)c1[c-]ccc(C(F)(F)F)c1.[Ni]. The molecule has 0 spiro atoms. The molecule has 26 heavy (non-hydrogen) atoms. The van der Waals surface area contributed by atoms with Crippen LogP contribution in [0.5, 0.6) is 0 Å². The molecule has 1 amide bonds. The first-order chi connectivity index (χ1) is 11.8. The fraction of sp³-hybridized carbons (Fsp3) is 0.0588. The molecule has 3 aromatic rings. The van der Waals surface area contributed by atoms with Crippen LogP contribution in [0, 0.1) is 6.07 Å². The van der Waals surface area contributed by atoms with Gasteiger partial charge >= 0.3 is 6.18 Å². The van der Waals surface area contributed by atoms with E-state index in [-0.39, 0.29) is 22.1 Å². The van der Waals surface area contributed by atoms with Crippen LogP contribution in [0.1, 0.15) is 15.9 Å². The number of aromatic nitrogens is 1. The van der Waals surface area contributed by atoms with E-state index in [9.17, 15) is 18.0 Å². The molecule has 0 aliphatic rings. The van der Waals surface area contributed by atoms with E-state index in [4.69, 9.17) is 0 Å². The summed E-state index contributed by atoms with van der Waals surface area (Å²) in [5, 5.41) is 4.56. The molecule has 138 valence electrons. The van der Waals surface area contributed by atoms with Crippen molar-refractivity contribution in [2.24, 2.45) is 0 Å². The number of thiazole rings is 1. The Hall–Kier alpha value is -1.70. The Morgan fingerprint density at radius 3 is 2.54 bits per heavy atom. The fourth-order valence-electron chi connectivity index (χ4n) is 2.02. The van der Waals surface area contributed by atoms with Crippen LogP contribution in [0.3, 0.4) is 0 Å². The van der Waals surface area contributed by atoms with Crippen molar-refractivity contribution < 1.29 is 34.5 Å². The van der Waals surface area contributed by atoms with Crippen molar-refractivity contribution in [3.05, 3.63) is 69.5 Å². The minimum Gasteiger partial charge on any atom is -0.338 e. The second kappa shape index (κ2) is 8.33. The molecule has 1 aromatic heterocycles. The minimum absolute atomic E-state index is 0. The van der Waals surface area contributed by atoms with Crippen molar-refractivity contribution in [1.82, 2.24) is 4.98 Å². The summed E-state index contributed by atoms with van der Waals surface area (Å²) >= 11 is 4.53. The summed E-state index contributed by atoms with van der Waals surface area (Å²) in [5.41, 5.74) is 0.438. The topological polar surface area (TPSA) is 42.0 Å². The fourth-order valence-corrected chi connectivity index (χ4v) is 3.00. The Labute approximate surface area is 169 Å². The van der Waals surface area contributed by atoms with Gasteiger partial charge < -0.3 is 10.1 Å². The van der Waals surface area contributed by atoms with E-state index in [0.717, 1.165) is 28.2 Å². The van der Waals surface area contributed by atoms with Gasteiger partial charge in [-0.15, -0.1) is 35.6 Å². The molecule has 0 unspecified atom stereocenters. The summed E-state index contributed by atoms with van der Waals surface area (Å²) in [6, 6.07) is 12.7. The zero-order chi connectivity index (χ0) is 18.0. The van der Waals surface area contributed by atoms with Crippen LogP contribution in [0.25, 0.3) is 11.3 Å². The molecule has 0 saturated carbocycles. The molecule has 0 saturated heterocycles. The van der Waals surface area contributed by atoms with Gasteiger partial charge in [-0.2, -0.15) is 13.2 Å². The van der Waals surface area contributed by atoms with Gasteiger partial charge in [0, 0.05) is 31.9 Å². The summed E-state index contributed by atoms with van der Waals surface area (Å²) < 4.78 is 39.1. The Balaban J connectivity index is 0.00000243. The van der Waals surface area contributed by atoms with Gasteiger partial charge in [-0.05, 0) is 17.7 Å². The zero-order valence-electron chi connectivity index (χ0n) is 12.7. The van der Waals surface area contributed by atoms with Crippen LogP contribution in [-0.4, -0.2) is 10.9 Å². The quantitative estimate of drug-likeness (QED) is 0.386. The van der Waals surface area contributed by atoms with Crippen molar-refractivity contribution >= 4 is 38.3 Å². The van der Waals surface area contributed by atoms with E-state index in [1.807, 2.05) is 24.3 Å². The van der Waals surface area contributed by atoms with Gasteiger partial charge in [0.2, 0.25) is 0 Å². The smallest absolute Gasteiger partial charge is 0.338 e. The number of hydrogen-bond acceptors (Lipinski definition) is 3. The normalized spacial score (nSPS) is 10.9. The number of nitrogens with one attached hydrogen (secondary N) is 1. The first kappa shape index (κ1) is 20.6. The number of carbonyl (C=O) groups excluding carboxylic acids is 1. The van der Waals surface area contributed by atoms with E-state index >= 15 is 0 Å². The Kier molecular flexibility index (Phi) is 6.60. The largest absolute Gasteiger partial charge is 0.399 e. The minimum atomic E-state index is -4.51. The zero-order valence-corrected chi connectivity index (χ0v) is 16.1. The van der Waals surface area contributed by atoms with Gasteiger partial charge in [0.1, 0.15) is 0 Å². The van der Waals surface area contributed by atoms with E-state index in [1.165, 1.54) is 11.3 Å². The van der Waals surface area contributed by atoms with E-state index in [2.05, 4.69) is 32.3 Å². The Bertz CT molecular complexity index is 913. The third-order valence-electron chi connectivity index (χ3n) is 3.24. The van der Waals surface area contributed by atoms with Gasteiger partial charge in [-0.1, -0.05) is 33.6 Å². The molecule has 0 radical (unpaired) electrons. The van der Waals surface area contributed by atoms with Crippen LogP contribution in [0.15, 0.2) is 52.3 Å². The van der Waals surface area contributed by atoms with Gasteiger partial charge in [0.05, 0.1) is 5.69 Å². The molecular weight excluding hydrogens is 476 g/mol. The predicted molar refractivity (Wildman–Crippen MR) is 93.5 cm³/mol. The molecule has 3 rings (SSSR count). The van der Waals surface area contributed by atoms with Crippen LogP contribution in [0.4, 0.5) is 18.3 Å². The maximum absolute atomic E-state index is 12.7. The van der Waals surface area contributed by atoms with E-state index in [1.54, 1.807) is 5.38 Å². The first-order valence-corrected chi connectivity index (χ1v) is 8.62. The Morgan fingerprint density at radius 1 is 1.19 bits per heavy atom. The number of halogens is 4. The Morgan fingerprint density at radius 2 is 1.88 bits per heavy atom. The second-order valence-corrected chi connectivity index (χ2v) is 6.76. The van der Waals surface area contributed by atoms with Crippen molar-refractivity contribution in [3.8, 4) is 11.3 Å². The maximum Gasteiger partial charge on any atom is 0.399 e. The van der Waals surface area contributed by atoms with Gasteiger partial charge in [-0.3, -0.25) is 0 Å². The van der Waals surface area contributed by atoms with Crippen LogP contribution in [-0.2, 0) is 22.7 Å². The number of hydrogen-bond donors (Lipinski definition) is 1. The van der Waals surface area contributed by atoms with Gasteiger partial charge in [-0.25, -0.2) is 4.98 Å². The molecule has 0 aliphatic heterocycles. The number of anilines is 1. The monoisotopic (exact) mass is 483 g/mol. The molecule has 1 N–H and O–H groups in total. The summed E-state index contributed by atoms with van der Waals surface area (Å²) in [6.45, 7) is 0. The van der Waals surface area contributed by atoms with Crippen molar-refractivity contribution in [2.75, 3.05) is 5.32 Å². The third kappa shape index (κ3) is 4.93. The van der Waals surface area contributed by atoms with Crippen LogP contribution >= 0.6 is 27.3 Å². The molecule has 3 nitrogen and oxygen atoms in total. The molecule has 1 heterocycles. The third-order valence-corrected chi connectivity index (χ3v) is 4.52. The predicted octanol–water partition coefficient (Wildman–Crippen LogP) is 5.64. The first-order valence-electron chi connectivity index (χ1n) is 6.95. The second-order valence-electron chi connectivity index (χ2n) is 4.99. The summed E-state index contributed by atoms with van der Waals surface area (Å²) in [5.74, 6) is -0.692. The number of nitrogens with zero attached hydrogens (tertiary/aromatic N) is 1. The van der Waals surface area contributed by atoms with Crippen LogP contribution < -0.4 is 5.32 Å². The molecule has 9 heteroatoms. The molecule has 0 atom stereocenters. The van der Waals surface area contributed by atoms with Crippen molar-refractivity contribution in [2.45, 2.75) is 6.18 Å². The maximum atomic E-state index is 12.7. The molecule has 0 fully saturated rings. The molecule has 0 bridgehead atoms. The number of amides is 1. The number of benzene rings is 2. The average molecular weight is 485 g/mol. The summed E-state index contributed by atoms with van der Waals surface area (Å²) in [4.78, 5) is 16.4.